The second-order valence-corrected chi connectivity index (χ2v) is 5.61. The molecule has 1 unspecified atom stereocenters. The molecule has 0 aliphatic heterocycles. The second-order valence-electron chi connectivity index (χ2n) is 3.75. The van der Waals surface area contributed by atoms with Crippen LogP contribution in [0.25, 0.3) is 0 Å². The van der Waals surface area contributed by atoms with Gasteiger partial charge in [0.25, 0.3) is 0 Å². The molecular formula is C11H11F3N2O2S. The smallest absolute Gasteiger partial charge is 0.282 e. The van der Waals surface area contributed by atoms with E-state index in [0.29, 0.717) is 6.07 Å². The molecule has 0 spiro atoms. The van der Waals surface area contributed by atoms with Crippen molar-refractivity contribution in [2.45, 2.75) is 24.8 Å². The van der Waals surface area contributed by atoms with Crippen LogP contribution in [0.5, 0.6) is 0 Å². The molecule has 8 heteroatoms. The number of nitrogens with one attached hydrogen (secondary N) is 1. The standard InChI is InChI=1S/C11H11F3N2O2S/c1-2-10(7-15)19(17,18)16-9-5-3-4-8(6-9)11(12,13)14/h3-6,10,16H,2H2,1H3. The average Bonchev–Trinajstić information content (AvgIpc) is 2.28. The zero-order valence-electron chi connectivity index (χ0n) is 9.90. The topological polar surface area (TPSA) is 70.0 Å². The molecule has 0 radical (unpaired) electrons. The monoisotopic (exact) mass is 292 g/mol. The highest BCUT2D eigenvalue weighted by molar-refractivity contribution is 7.93. The van der Waals surface area contributed by atoms with Gasteiger partial charge in [0.2, 0.25) is 10.0 Å². The van der Waals surface area contributed by atoms with Gasteiger partial charge in [-0.2, -0.15) is 18.4 Å². The molecule has 1 aromatic carbocycles. The van der Waals surface area contributed by atoms with Gasteiger partial charge in [-0.3, -0.25) is 4.72 Å². The van der Waals surface area contributed by atoms with Crippen LogP contribution in [0.4, 0.5) is 18.9 Å². The fourth-order valence-electron chi connectivity index (χ4n) is 1.37. The number of halogens is 3. The highest BCUT2D eigenvalue weighted by Gasteiger charge is 2.31. The van der Waals surface area contributed by atoms with Crippen LogP contribution >= 0.6 is 0 Å². The predicted molar refractivity (Wildman–Crippen MR) is 63.7 cm³/mol. The quantitative estimate of drug-likeness (QED) is 0.927. The van der Waals surface area contributed by atoms with Crippen molar-refractivity contribution < 1.29 is 21.6 Å². The SMILES string of the molecule is CCC(C#N)S(=O)(=O)Nc1cccc(C(F)(F)F)c1. The number of hydrogen-bond acceptors (Lipinski definition) is 3. The summed E-state index contributed by atoms with van der Waals surface area (Å²) in [4.78, 5) is 0. The van der Waals surface area contributed by atoms with Crippen molar-refractivity contribution in [3.8, 4) is 6.07 Å². The maximum Gasteiger partial charge on any atom is 0.416 e. The van der Waals surface area contributed by atoms with Crippen LogP contribution < -0.4 is 4.72 Å². The third-order valence-electron chi connectivity index (χ3n) is 2.34. The van der Waals surface area contributed by atoms with Crippen LogP contribution in [0.3, 0.4) is 0 Å². The third-order valence-corrected chi connectivity index (χ3v) is 4.05. The largest absolute Gasteiger partial charge is 0.416 e. The van der Waals surface area contributed by atoms with E-state index < -0.39 is 27.0 Å². The van der Waals surface area contributed by atoms with Crippen molar-refractivity contribution in [1.82, 2.24) is 0 Å². The van der Waals surface area contributed by atoms with E-state index in [4.69, 9.17) is 5.26 Å². The third kappa shape index (κ3) is 3.86. The zero-order chi connectivity index (χ0) is 14.7. The van der Waals surface area contributed by atoms with Crippen LogP contribution in [-0.2, 0) is 16.2 Å². The van der Waals surface area contributed by atoms with Crippen molar-refractivity contribution in [2.24, 2.45) is 0 Å². The van der Waals surface area contributed by atoms with Crippen molar-refractivity contribution in [3.05, 3.63) is 29.8 Å². The highest BCUT2D eigenvalue weighted by Crippen LogP contribution is 2.31. The minimum atomic E-state index is -4.55. The lowest BCUT2D eigenvalue weighted by Crippen LogP contribution is -2.26. The minimum Gasteiger partial charge on any atom is -0.282 e. The van der Waals surface area contributed by atoms with Gasteiger partial charge in [-0.1, -0.05) is 13.0 Å². The Labute approximate surface area is 108 Å². The maximum absolute atomic E-state index is 12.5. The summed E-state index contributed by atoms with van der Waals surface area (Å²) in [7, 11) is -4.02. The molecule has 0 aliphatic rings. The lowest BCUT2D eigenvalue weighted by molar-refractivity contribution is -0.137. The van der Waals surface area contributed by atoms with Gasteiger partial charge < -0.3 is 0 Å². The summed E-state index contributed by atoms with van der Waals surface area (Å²) < 4.78 is 62.8. The van der Waals surface area contributed by atoms with E-state index in [1.807, 2.05) is 4.72 Å². The minimum absolute atomic E-state index is 0.0464. The molecule has 0 amide bonds. The Hall–Kier alpha value is -1.75. The number of nitriles is 1. The number of benzene rings is 1. The number of nitrogens with zero attached hydrogens (tertiary/aromatic N) is 1. The van der Waals surface area contributed by atoms with Gasteiger partial charge >= 0.3 is 6.18 Å². The van der Waals surface area contributed by atoms with E-state index in [0.717, 1.165) is 12.1 Å². The van der Waals surface area contributed by atoms with Gasteiger partial charge in [-0.15, -0.1) is 0 Å². The lowest BCUT2D eigenvalue weighted by Gasteiger charge is -2.13. The van der Waals surface area contributed by atoms with Crippen LogP contribution in [0.15, 0.2) is 24.3 Å². The Kier molecular flexibility index (Phi) is 4.42. The van der Waals surface area contributed by atoms with E-state index in [1.165, 1.54) is 13.0 Å². The van der Waals surface area contributed by atoms with E-state index in [1.54, 1.807) is 6.07 Å². The van der Waals surface area contributed by atoms with Crippen LogP contribution in [0, 0.1) is 11.3 Å². The number of sulfonamides is 1. The fraction of sp³-hybridized carbons (Fsp3) is 0.364. The molecule has 0 fully saturated rings. The molecule has 0 aromatic heterocycles. The maximum atomic E-state index is 12.5. The molecule has 0 heterocycles. The Bertz CT molecular complexity index is 591. The highest BCUT2D eigenvalue weighted by atomic mass is 32.2. The van der Waals surface area contributed by atoms with Crippen molar-refractivity contribution in [1.29, 1.82) is 5.26 Å². The summed E-state index contributed by atoms with van der Waals surface area (Å²) in [5.74, 6) is 0. The first kappa shape index (κ1) is 15.3. The van der Waals surface area contributed by atoms with Gasteiger partial charge in [0.05, 0.1) is 11.6 Å². The molecule has 4 nitrogen and oxygen atoms in total. The Morgan fingerprint density at radius 3 is 2.53 bits per heavy atom. The van der Waals surface area contributed by atoms with Crippen molar-refractivity contribution >= 4 is 15.7 Å². The second kappa shape index (κ2) is 5.48. The molecule has 104 valence electrons. The molecular weight excluding hydrogens is 281 g/mol. The molecule has 1 aromatic rings. The van der Waals surface area contributed by atoms with Gasteiger partial charge in [0.1, 0.15) is 0 Å². The summed E-state index contributed by atoms with van der Waals surface area (Å²) in [5, 5.41) is 7.37. The van der Waals surface area contributed by atoms with Gasteiger partial charge in [-0.05, 0) is 24.6 Å². The molecule has 0 saturated carbocycles. The lowest BCUT2D eigenvalue weighted by atomic mass is 10.2. The van der Waals surface area contributed by atoms with Crippen LogP contribution in [-0.4, -0.2) is 13.7 Å². The fourth-order valence-corrected chi connectivity index (χ4v) is 2.55. The number of rotatable bonds is 4. The van der Waals surface area contributed by atoms with Gasteiger partial charge in [0.15, 0.2) is 5.25 Å². The summed E-state index contributed by atoms with van der Waals surface area (Å²) >= 11 is 0. The number of hydrogen-bond donors (Lipinski definition) is 1. The van der Waals surface area contributed by atoms with Crippen molar-refractivity contribution in [2.75, 3.05) is 4.72 Å². The first-order valence-electron chi connectivity index (χ1n) is 5.29. The Balaban J connectivity index is 3.05. The summed E-state index contributed by atoms with van der Waals surface area (Å²) in [5.41, 5.74) is -1.18. The van der Waals surface area contributed by atoms with Gasteiger partial charge in [0, 0.05) is 5.69 Å². The first-order valence-corrected chi connectivity index (χ1v) is 6.84. The van der Waals surface area contributed by atoms with Crippen LogP contribution in [0.2, 0.25) is 0 Å². The summed E-state index contributed by atoms with van der Waals surface area (Å²) in [6.07, 6.45) is -4.51. The molecule has 0 aliphatic carbocycles. The normalized spacial score (nSPS) is 13.6. The van der Waals surface area contributed by atoms with Crippen molar-refractivity contribution in [3.63, 3.8) is 0 Å². The molecule has 1 rings (SSSR count). The average molecular weight is 292 g/mol. The number of anilines is 1. The van der Waals surface area contributed by atoms with Gasteiger partial charge in [-0.25, -0.2) is 8.42 Å². The first-order chi connectivity index (χ1) is 8.70. The van der Waals surface area contributed by atoms with E-state index in [9.17, 15) is 21.6 Å². The molecule has 19 heavy (non-hydrogen) atoms. The van der Waals surface area contributed by atoms with E-state index in [-0.39, 0.29) is 12.1 Å². The molecule has 1 atom stereocenters. The molecule has 0 saturated heterocycles. The van der Waals surface area contributed by atoms with E-state index >= 15 is 0 Å². The molecule has 0 bridgehead atoms. The summed E-state index contributed by atoms with van der Waals surface area (Å²) in [6, 6.07) is 5.38. The number of alkyl halides is 3. The Morgan fingerprint density at radius 2 is 2.05 bits per heavy atom. The zero-order valence-corrected chi connectivity index (χ0v) is 10.7. The van der Waals surface area contributed by atoms with Crippen LogP contribution in [0.1, 0.15) is 18.9 Å². The predicted octanol–water partition coefficient (Wildman–Crippen LogP) is 2.75. The summed E-state index contributed by atoms with van der Waals surface area (Å²) in [6.45, 7) is 1.50. The van der Waals surface area contributed by atoms with E-state index in [2.05, 4.69) is 0 Å². The Morgan fingerprint density at radius 1 is 1.42 bits per heavy atom. The molecule has 1 N–H and O–H groups in total.